The SMILES string of the molecule is CCOc1cc(/C=C2/C(=N)N3N=C(CC)SC3=NC2=O)cc(Br)c1OS(=O)(=O)c1ccc(C)cc1. The number of hydrogen-bond acceptors (Lipinski definition) is 8. The molecule has 0 atom stereocenters. The third-order valence-electron chi connectivity index (χ3n) is 4.94. The quantitative estimate of drug-likeness (QED) is 0.365. The van der Waals surface area contributed by atoms with Crippen LogP contribution >= 0.6 is 27.7 Å². The van der Waals surface area contributed by atoms with Gasteiger partial charge in [0.2, 0.25) is 5.17 Å². The van der Waals surface area contributed by atoms with Gasteiger partial charge >= 0.3 is 10.1 Å². The predicted molar refractivity (Wildman–Crippen MR) is 140 cm³/mol. The first kappa shape index (κ1) is 25.1. The van der Waals surface area contributed by atoms with Crippen molar-refractivity contribution >= 4 is 65.8 Å². The molecule has 0 spiro atoms. The van der Waals surface area contributed by atoms with Crippen LogP contribution in [0.4, 0.5) is 0 Å². The second-order valence-electron chi connectivity index (χ2n) is 7.48. The maximum absolute atomic E-state index is 12.8. The summed E-state index contributed by atoms with van der Waals surface area (Å²) in [6.45, 7) is 5.79. The zero-order valence-electron chi connectivity index (χ0n) is 19.0. The highest BCUT2D eigenvalue weighted by molar-refractivity contribution is 9.10. The van der Waals surface area contributed by atoms with E-state index in [1.54, 1.807) is 31.2 Å². The second-order valence-corrected chi connectivity index (χ2v) is 10.9. The fourth-order valence-electron chi connectivity index (χ4n) is 3.22. The highest BCUT2D eigenvalue weighted by atomic mass is 79.9. The molecule has 0 saturated carbocycles. The number of fused-ring (bicyclic) bond motifs is 1. The van der Waals surface area contributed by atoms with E-state index in [1.807, 2.05) is 13.8 Å². The first-order valence-corrected chi connectivity index (χ1v) is 13.6. The van der Waals surface area contributed by atoms with Gasteiger partial charge in [0.1, 0.15) is 9.94 Å². The van der Waals surface area contributed by atoms with E-state index in [2.05, 4.69) is 26.0 Å². The Hall–Kier alpha value is -2.96. The minimum absolute atomic E-state index is 0.00838. The first-order valence-electron chi connectivity index (χ1n) is 10.6. The van der Waals surface area contributed by atoms with Crippen molar-refractivity contribution in [1.82, 2.24) is 5.01 Å². The number of halogens is 1. The molecule has 1 amide bonds. The minimum Gasteiger partial charge on any atom is -0.490 e. The molecule has 2 aromatic rings. The first-order chi connectivity index (χ1) is 16.6. The maximum atomic E-state index is 12.8. The van der Waals surface area contributed by atoms with E-state index in [-0.39, 0.29) is 34.4 Å². The molecule has 2 aliphatic heterocycles. The van der Waals surface area contributed by atoms with Crippen LogP contribution in [0.2, 0.25) is 0 Å². The molecular formula is C23H21BrN4O5S2. The number of aliphatic imine (C=N–C) groups is 1. The average Bonchev–Trinajstić information content (AvgIpc) is 3.23. The summed E-state index contributed by atoms with van der Waals surface area (Å²) in [7, 11) is -4.12. The summed E-state index contributed by atoms with van der Waals surface area (Å²) in [6.07, 6.45) is 2.15. The van der Waals surface area contributed by atoms with Crippen LogP contribution in [0.1, 0.15) is 31.4 Å². The Labute approximate surface area is 215 Å². The van der Waals surface area contributed by atoms with Crippen LogP contribution in [0.25, 0.3) is 6.08 Å². The molecule has 0 aliphatic carbocycles. The number of thioether (sulfide) groups is 1. The number of amidine groups is 2. The summed E-state index contributed by atoms with van der Waals surface area (Å²) in [6, 6.07) is 9.42. The van der Waals surface area contributed by atoms with Gasteiger partial charge in [0.05, 0.1) is 16.7 Å². The van der Waals surface area contributed by atoms with Crippen molar-refractivity contribution in [3.8, 4) is 11.5 Å². The molecule has 182 valence electrons. The zero-order valence-corrected chi connectivity index (χ0v) is 22.3. The summed E-state index contributed by atoms with van der Waals surface area (Å²) in [4.78, 5) is 16.7. The molecule has 2 aromatic carbocycles. The monoisotopic (exact) mass is 576 g/mol. The third-order valence-corrected chi connectivity index (χ3v) is 7.82. The molecule has 35 heavy (non-hydrogen) atoms. The summed E-state index contributed by atoms with van der Waals surface area (Å²) < 4.78 is 37.1. The summed E-state index contributed by atoms with van der Waals surface area (Å²) in [5.41, 5.74) is 1.45. The highest BCUT2D eigenvalue weighted by Gasteiger charge is 2.35. The molecule has 12 heteroatoms. The van der Waals surface area contributed by atoms with Crippen molar-refractivity contribution < 1.29 is 22.1 Å². The fraction of sp³-hybridized carbons (Fsp3) is 0.217. The highest BCUT2D eigenvalue weighted by Crippen LogP contribution is 2.40. The van der Waals surface area contributed by atoms with Crippen LogP contribution in [0.5, 0.6) is 11.5 Å². The normalized spacial score (nSPS) is 16.8. The number of carbonyl (C=O) groups excluding carboxylic acids is 1. The lowest BCUT2D eigenvalue weighted by molar-refractivity contribution is -0.114. The Morgan fingerprint density at radius 2 is 1.91 bits per heavy atom. The van der Waals surface area contributed by atoms with Crippen molar-refractivity contribution in [2.45, 2.75) is 32.1 Å². The van der Waals surface area contributed by atoms with Crippen LogP contribution in [-0.4, -0.2) is 42.0 Å². The molecule has 1 N–H and O–H groups in total. The lowest BCUT2D eigenvalue weighted by Crippen LogP contribution is -2.35. The van der Waals surface area contributed by atoms with Crippen LogP contribution in [0.3, 0.4) is 0 Å². The van der Waals surface area contributed by atoms with Crippen molar-refractivity contribution in [2.24, 2.45) is 10.1 Å². The van der Waals surface area contributed by atoms with E-state index >= 15 is 0 Å². The Bertz CT molecular complexity index is 1420. The van der Waals surface area contributed by atoms with Crippen LogP contribution in [0, 0.1) is 12.3 Å². The summed E-state index contributed by atoms with van der Waals surface area (Å²) in [5.74, 6) is -0.510. The standard InChI is InChI=1S/C23H21BrN4O5S2/c1-4-19-27-28-21(25)16(22(29)26-23(28)34-19)10-14-11-17(24)20(18(12-14)32-5-2)33-35(30,31)15-8-6-13(3)7-9-15/h6-12,25H,4-5H2,1-3H3/b16-10-,25-21?. The molecule has 0 unspecified atom stereocenters. The van der Waals surface area contributed by atoms with Crippen molar-refractivity contribution in [1.29, 1.82) is 5.41 Å². The van der Waals surface area contributed by atoms with E-state index in [4.69, 9.17) is 14.3 Å². The van der Waals surface area contributed by atoms with Gasteiger partial charge in [-0.15, -0.1) is 0 Å². The predicted octanol–water partition coefficient (Wildman–Crippen LogP) is 4.95. The van der Waals surface area contributed by atoms with E-state index in [0.717, 1.165) is 10.6 Å². The van der Waals surface area contributed by atoms with Crippen molar-refractivity contribution in [3.63, 3.8) is 0 Å². The molecule has 2 aliphatic rings. The smallest absolute Gasteiger partial charge is 0.339 e. The number of amides is 1. The Morgan fingerprint density at radius 3 is 2.57 bits per heavy atom. The van der Waals surface area contributed by atoms with Crippen molar-refractivity contribution in [2.75, 3.05) is 6.61 Å². The Kier molecular flexibility index (Phi) is 7.15. The summed E-state index contributed by atoms with van der Waals surface area (Å²) >= 11 is 4.63. The van der Waals surface area contributed by atoms with Gasteiger partial charge in [-0.1, -0.05) is 24.6 Å². The van der Waals surface area contributed by atoms with Gasteiger partial charge < -0.3 is 8.92 Å². The fourth-order valence-corrected chi connectivity index (χ4v) is 5.65. The molecule has 2 heterocycles. The number of hydrogen-bond donors (Lipinski definition) is 1. The molecule has 0 radical (unpaired) electrons. The molecule has 0 aromatic heterocycles. The number of hydrazone groups is 1. The van der Waals surface area contributed by atoms with Gasteiger partial charge in [0, 0.05) is 0 Å². The van der Waals surface area contributed by atoms with Crippen LogP contribution in [-0.2, 0) is 14.9 Å². The number of rotatable bonds is 7. The van der Waals surface area contributed by atoms with Gasteiger partial charge in [-0.05, 0) is 83.9 Å². The van der Waals surface area contributed by atoms with Crippen molar-refractivity contribution in [3.05, 3.63) is 57.6 Å². The number of nitrogens with zero attached hydrogens (tertiary/aromatic N) is 3. The lowest BCUT2D eigenvalue weighted by Gasteiger charge is -2.20. The van der Waals surface area contributed by atoms with E-state index < -0.39 is 16.0 Å². The van der Waals surface area contributed by atoms with Crippen LogP contribution < -0.4 is 8.92 Å². The maximum Gasteiger partial charge on any atom is 0.339 e. The Balaban J connectivity index is 1.70. The molecular weight excluding hydrogens is 556 g/mol. The number of nitrogens with one attached hydrogen (secondary N) is 1. The summed E-state index contributed by atoms with van der Waals surface area (Å²) in [5, 5.41) is 15.3. The lowest BCUT2D eigenvalue weighted by atomic mass is 10.1. The molecule has 0 bridgehead atoms. The Morgan fingerprint density at radius 1 is 1.20 bits per heavy atom. The average molecular weight is 577 g/mol. The topological polar surface area (TPSA) is 121 Å². The largest absolute Gasteiger partial charge is 0.490 e. The van der Waals surface area contributed by atoms with Gasteiger partial charge in [0.15, 0.2) is 17.3 Å². The van der Waals surface area contributed by atoms with Gasteiger partial charge in [0.25, 0.3) is 5.91 Å². The van der Waals surface area contributed by atoms with Gasteiger partial charge in [-0.3, -0.25) is 10.2 Å². The molecule has 0 saturated heterocycles. The van der Waals surface area contributed by atoms with Gasteiger partial charge in [-0.25, -0.2) is 0 Å². The second kappa shape index (κ2) is 9.96. The number of carbonyl (C=O) groups is 1. The number of ether oxygens (including phenoxy) is 1. The number of benzene rings is 2. The van der Waals surface area contributed by atoms with E-state index in [1.165, 1.54) is 35.0 Å². The zero-order chi connectivity index (χ0) is 25.3. The van der Waals surface area contributed by atoms with E-state index in [0.29, 0.717) is 21.6 Å². The molecule has 9 nitrogen and oxygen atoms in total. The minimum atomic E-state index is -4.12. The molecule has 0 fully saturated rings. The number of aryl methyl sites for hydroxylation is 1. The molecule has 4 rings (SSSR count). The van der Waals surface area contributed by atoms with E-state index in [9.17, 15) is 13.2 Å². The van der Waals surface area contributed by atoms with Gasteiger partial charge in [-0.2, -0.15) is 23.5 Å². The third kappa shape index (κ3) is 5.19. The van der Waals surface area contributed by atoms with Crippen LogP contribution in [0.15, 0.2) is 61.4 Å².